The molecule has 2 fully saturated rings. The van der Waals surface area contributed by atoms with Crippen LogP contribution in [0.25, 0.3) is 0 Å². The fourth-order valence-corrected chi connectivity index (χ4v) is 1.72. The van der Waals surface area contributed by atoms with Gasteiger partial charge in [0.05, 0.1) is 13.2 Å². The molecule has 0 amide bonds. The SMILES string of the molecule is C=CCOC1C2OCC(O2)C(O)C1O. The predicted octanol–water partition coefficient (Wildman–Crippen LogP) is -0.966. The van der Waals surface area contributed by atoms with Crippen molar-refractivity contribution in [1.82, 2.24) is 0 Å². The zero-order valence-corrected chi connectivity index (χ0v) is 7.70. The lowest BCUT2D eigenvalue weighted by molar-refractivity contribution is -0.240. The number of aliphatic hydroxyl groups is 2. The zero-order valence-electron chi connectivity index (χ0n) is 7.70. The molecule has 0 radical (unpaired) electrons. The second-order valence-electron chi connectivity index (χ2n) is 3.44. The third-order valence-electron chi connectivity index (χ3n) is 2.48. The summed E-state index contributed by atoms with van der Waals surface area (Å²) < 4.78 is 15.8. The first-order chi connectivity index (χ1) is 6.74. The van der Waals surface area contributed by atoms with Crippen molar-refractivity contribution in [3.05, 3.63) is 12.7 Å². The van der Waals surface area contributed by atoms with Gasteiger partial charge in [-0.15, -0.1) is 6.58 Å². The Labute approximate surface area is 81.9 Å². The van der Waals surface area contributed by atoms with E-state index in [1.54, 1.807) is 6.08 Å². The minimum atomic E-state index is -0.957. The fourth-order valence-electron chi connectivity index (χ4n) is 1.72. The first kappa shape index (κ1) is 10.1. The van der Waals surface area contributed by atoms with Crippen LogP contribution in [0.15, 0.2) is 12.7 Å². The van der Waals surface area contributed by atoms with Crippen molar-refractivity contribution in [1.29, 1.82) is 0 Å². The maximum absolute atomic E-state index is 9.68. The largest absolute Gasteiger partial charge is 0.387 e. The molecule has 5 atom stereocenters. The minimum absolute atomic E-state index is 0.294. The molecule has 5 heteroatoms. The van der Waals surface area contributed by atoms with Crippen LogP contribution in [-0.4, -0.2) is 54.1 Å². The maximum Gasteiger partial charge on any atom is 0.187 e. The van der Waals surface area contributed by atoms with Gasteiger partial charge in [-0.2, -0.15) is 0 Å². The molecule has 0 aromatic rings. The molecule has 0 spiro atoms. The molecule has 0 aliphatic carbocycles. The van der Waals surface area contributed by atoms with Gasteiger partial charge >= 0.3 is 0 Å². The predicted molar refractivity (Wildman–Crippen MR) is 46.6 cm³/mol. The Morgan fingerprint density at radius 3 is 2.93 bits per heavy atom. The highest BCUT2D eigenvalue weighted by Crippen LogP contribution is 2.29. The molecule has 80 valence electrons. The van der Waals surface area contributed by atoms with Crippen LogP contribution in [0.2, 0.25) is 0 Å². The molecule has 2 N–H and O–H groups in total. The lowest BCUT2D eigenvalue weighted by Gasteiger charge is -2.35. The number of aliphatic hydroxyl groups excluding tert-OH is 2. The van der Waals surface area contributed by atoms with Gasteiger partial charge in [0.2, 0.25) is 0 Å². The third kappa shape index (κ3) is 1.57. The van der Waals surface area contributed by atoms with Gasteiger partial charge < -0.3 is 24.4 Å². The van der Waals surface area contributed by atoms with Crippen LogP contribution in [0, 0.1) is 0 Å². The van der Waals surface area contributed by atoms with Gasteiger partial charge in [-0.3, -0.25) is 0 Å². The fraction of sp³-hybridized carbons (Fsp3) is 0.778. The molecule has 2 aliphatic heterocycles. The van der Waals surface area contributed by atoms with Gasteiger partial charge in [-0.1, -0.05) is 6.08 Å². The molecular weight excluding hydrogens is 188 g/mol. The Balaban J connectivity index is 2.03. The lowest BCUT2D eigenvalue weighted by atomic mass is 10.0. The average Bonchev–Trinajstić information content (AvgIpc) is 2.62. The van der Waals surface area contributed by atoms with E-state index in [1.807, 2.05) is 0 Å². The van der Waals surface area contributed by atoms with E-state index in [4.69, 9.17) is 14.2 Å². The van der Waals surface area contributed by atoms with Crippen LogP contribution in [0.4, 0.5) is 0 Å². The summed E-state index contributed by atoms with van der Waals surface area (Å²) in [4.78, 5) is 0. The summed E-state index contributed by atoms with van der Waals surface area (Å²) in [7, 11) is 0. The van der Waals surface area contributed by atoms with E-state index < -0.39 is 30.7 Å². The molecule has 2 heterocycles. The second-order valence-corrected chi connectivity index (χ2v) is 3.44. The molecule has 0 saturated carbocycles. The van der Waals surface area contributed by atoms with E-state index in [0.29, 0.717) is 13.2 Å². The summed E-state index contributed by atoms with van der Waals surface area (Å²) in [6.45, 7) is 4.10. The maximum atomic E-state index is 9.68. The first-order valence-corrected chi connectivity index (χ1v) is 4.59. The van der Waals surface area contributed by atoms with Crippen molar-refractivity contribution >= 4 is 0 Å². The van der Waals surface area contributed by atoms with Gasteiger partial charge in [0, 0.05) is 0 Å². The van der Waals surface area contributed by atoms with Crippen molar-refractivity contribution in [2.75, 3.05) is 13.2 Å². The van der Waals surface area contributed by atoms with Crippen LogP contribution in [0.3, 0.4) is 0 Å². The number of rotatable bonds is 3. The van der Waals surface area contributed by atoms with Crippen LogP contribution < -0.4 is 0 Å². The summed E-state index contributed by atoms with van der Waals surface area (Å²) in [5, 5.41) is 19.2. The van der Waals surface area contributed by atoms with Crippen LogP contribution >= 0.6 is 0 Å². The standard InChI is InChI=1S/C9H14O5/c1-2-3-12-8-7(11)6(10)5-4-13-9(8)14-5/h2,5-11H,1,3-4H2. The summed E-state index contributed by atoms with van der Waals surface area (Å²) in [5.41, 5.74) is 0. The van der Waals surface area contributed by atoms with Gasteiger partial charge in [-0.05, 0) is 0 Å². The van der Waals surface area contributed by atoms with Crippen LogP contribution in [0.5, 0.6) is 0 Å². The Hall–Kier alpha value is -0.460. The van der Waals surface area contributed by atoms with Crippen molar-refractivity contribution in [2.24, 2.45) is 0 Å². The third-order valence-corrected chi connectivity index (χ3v) is 2.48. The van der Waals surface area contributed by atoms with E-state index in [9.17, 15) is 10.2 Å². The van der Waals surface area contributed by atoms with Gasteiger partial charge in [0.1, 0.15) is 24.4 Å². The van der Waals surface area contributed by atoms with Gasteiger partial charge in [-0.25, -0.2) is 0 Å². The molecule has 0 aromatic heterocycles. The summed E-state index contributed by atoms with van der Waals surface area (Å²) in [5.74, 6) is 0. The monoisotopic (exact) mass is 202 g/mol. The number of hydrogen-bond acceptors (Lipinski definition) is 5. The smallest absolute Gasteiger partial charge is 0.187 e. The Bertz CT molecular complexity index is 219. The molecule has 5 unspecified atom stereocenters. The molecule has 2 bridgehead atoms. The van der Waals surface area contributed by atoms with Gasteiger partial charge in [0.15, 0.2) is 6.29 Å². The van der Waals surface area contributed by atoms with Crippen molar-refractivity contribution in [3.63, 3.8) is 0 Å². The van der Waals surface area contributed by atoms with E-state index >= 15 is 0 Å². The number of fused-ring (bicyclic) bond motifs is 2. The number of ether oxygens (including phenoxy) is 3. The molecular formula is C9H14O5. The molecule has 2 rings (SSSR count). The molecule has 5 nitrogen and oxygen atoms in total. The minimum Gasteiger partial charge on any atom is -0.387 e. The first-order valence-electron chi connectivity index (χ1n) is 4.59. The zero-order chi connectivity index (χ0) is 10.1. The van der Waals surface area contributed by atoms with Crippen molar-refractivity contribution in [3.8, 4) is 0 Å². The quantitative estimate of drug-likeness (QED) is 0.577. The molecule has 14 heavy (non-hydrogen) atoms. The highest BCUT2D eigenvalue weighted by Gasteiger charge is 2.50. The highest BCUT2D eigenvalue weighted by atomic mass is 16.8. The topological polar surface area (TPSA) is 68.2 Å². The van der Waals surface area contributed by atoms with Crippen LogP contribution in [0.1, 0.15) is 0 Å². The number of hydrogen-bond donors (Lipinski definition) is 2. The van der Waals surface area contributed by atoms with Crippen LogP contribution in [-0.2, 0) is 14.2 Å². The molecule has 2 saturated heterocycles. The summed E-state index contributed by atoms with van der Waals surface area (Å²) in [6, 6.07) is 0. The Morgan fingerprint density at radius 2 is 2.21 bits per heavy atom. The van der Waals surface area contributed by atoms with Gasteiger partial charge in [0.25, 0.3) is 0 Å². The summed E-state index contributed by atoms with van der Waals surface area (Å²) in [6.07, 6.45) is -1.97. The lowest BCUT2D eigenvalue weighted by Crippen LogP contribution is -2.54. The van der Waals surface area contributed by atoms with E-state index in [1.165, 1.54) is 0 Å². The van der Waals surface area contributed by atoms with Crippen molar-refractivity contribution in [2.45, 2.75) is 30.7 Å². The van der Waals surface area contributed by atoms with E-state index in [-0.39, 0.29) is 0 Å². The van der Waals surface area contributed by atoms with Crippen molar-refractivity contribution < 1.29 is 24.4 Å². The summed E-state index contributed by atoms with van der Waals surface area (Å²) >= 11 is 0. The average molecular weight is 202 g/mol. The Kier molecular flexibility index (Phi) is 2.85. The van der Waals surface area contributed by atoms with E-state index in [0.717, 1.165) is 0 Å². The van der Waals surface area contributed by atoms with E-state index in [2.05, 4.69) is 6.58 Å². The Morgan fingerprint density at radius 1 is 1.43 bits per heavy atom. The second kappa shape index (κ2) is 3.96. The highest BCUT2D eigenvalue weighted by molar-refractivity contribution is 4.94. The normalized spacial score (nSPS) is 46.6. The molecule has 0 aromatic carbocycles. The molecule has 2 aliphatic rings.